The van der Waals surface area contributed by atoms with E-state index in [1.54, 1.807) is 0 Å². The summed E-state index contributed by atoms with van der Waals surface area (Å²) < 4.78 is 0. The SMILES string of the molecule is O=C(NN1C(=O)c2c(Cl)c(Cl)c(Cl)c(Cl)c2C1=O)c1ccc(Cl)cc1Cl. The van der Waals surface area contributed by atoms with E-state index in [2.05, 4.69) is 5.43 Å². The van der Waals surface area contributed by atoms with E-state index in [0.29, 0.717) is 10.0 Å². The fourth-order valence-electron chi connectivity index (χ4n) is 2.29. The molecule has 0 aliphatic carbocycles. The molecule has 134 valence electrons. The van der Waals surface area contributed by atoms with Gasteiger partial charge in [-0.05, 0) is 18.2 Å². The highest BCUT2D eigenvalue weighted by Gasteiger charge is 2.42. The molecule has 26 heavy (non-hydrogen) atoms. The van der Waals surface area contributed by atoms with Crippen LogP contribution in [0.5, 0.6) is 0 Å². The second-order valence-electron chi connectivity index (χ2n) is 5.02. The Balaban J connectivity index is 2.00. The summed E-state index contributed by atoms with van der Waals surface area (Å²) in [5, 5.41) is -0.0166. The third-order valence-electron chi connectivity index (χ3n) is 3.49. The molecule has 1 aliphatic heterocycles. The minimum Gasteiger partial charge on any atom is -0.267 e. The van der Waals surface area contributed by atoms with Gasteiger partial charge in [0.05, 0.1) is 41.8 Å². The van der Waals surface area contributed by atoms with Crippen molar-refractivity contribution < 1.29 is 14.4 Å². The molecule has 3 rings (SSSR count). The van der Waals surface area contributed by atoms with E-state index in [-0.39, 0.29) is 41.8 Å². The Morgan fingerprint density at radius 1 is 0.808 bits per heavy atom. The van der Waals surface area contributed by atoms with Crippen molar-refractivity contribution in [3.8, 4) is 0 Å². The van der Waals surface area contributed by atoms with Gasteiger partial charge in [0.2, 0.25) is 0 Å². The van der Waals surface area contributed by atoms with Crippen molar-refractivity contribution in [3.63, 3.8) is 0 Å². The van der Waals surface area contributed by atoms with Crippen LogP contribution in [-0.4, -0.2) is 22.7 Å². The Kier molecular flexibility index (Phi) is 5.32. The molecule has 0 saturated heterocycles. The standard InChI is InChI=1S/C15H4Cl6N2O3/c16-4-1-2-5(6(17)3-4)13(24)22-23-14(25)7-8(15(23)26)10(19)12(21)11(20)9(7)18/h1-3H,(H,22,24). The summed E-state index contributed by atoms with van der Waals surface area (Å²) in [6, 6.07) is 4.11. The third-order valence-corrected chi connectivity index (χ3v) is 5.84. The highest BCUT2D eigenvalue weighted by molar-refractivity contribution is 6.55. The molecule has 1 heterocycles. The van der Waals surface area contributed by atoms with E-state index in [4.69, 9.17) is 69.6 Å². The van der Waals surface area contributed by atoms with Gasteiger partial charge in [-0.2, -0.15) is 5.01 Å². The zero-order chi connectivity index (χ0) is 19.3. The lowest BCUT2D eigenvalue weighted by Crippen LogP contribution is -2.46. The average Bonchev–Trinajstić information content (AvgIpc) is 2.82. The van der Waals surface area contributed by atoms with Crippen molar-refractivity contribution >= 4 is 87.3 Å². The molecule has 0 aromatic heterocycles. The minimum atomic E-state index is -0.908. The molecule has 2 aromatic rings. The van der Waals surface area contributed by atoms with E-state index in [9.17, 15) is 14.4 Å². The van der Waals surface area contributed by atoms with Crippen LogP contribution in [0.4, 0.5) is 0 Å². The lowest BCUT2D eigenvalue weighted by atomic mass is 10.1. The molecule has 0 bridgehead atoms. The molecule has 0 unspecified atom stereocenters. The number of nitrogens with one attached hydrogen (secondary N) is 1. The number of imide groups is 1. The van der Waals surface area contributed by atoms with Crippen molar-refractivity contribution in [1.82, 2.24) is 10.4 Å². The van der Waals surface area contributed by atoms with E-state index in [1.807, 2.05) is 0 Å². The number of carbonyl (C=O) groups excluding carboxylic acids is 3. The van der Waals surface area contributed by atoms with Crippen LogP contribution in [-0.2, 0) is 0 Å². The minimum absolute atomic E-state index is 0.000816. The second kappa shape index (κ2) is 7.08. The maximum absolute atomic E-state index is 12.5. The van der Waals surface area contributed by atoms with Crippen LogP contribution in [0.15, 0.2) is 18.2 Å². The zero-order valence-electron chi connectivity index (χ0n) is 12.2. The maximum Gasteiger partial charge on any atom is 0.282 e. The van der Waals surface area contributed by atoms with E-state index in [0.717, 1.165) is 0 Å². The summed E-state index contributed by atoms with van der Waals surface area (Å²) in [6.45, 7) is 0. The number of carbonyl (C=O) groups is 3. The molecule has 5 nitrogen and oxygen atoms in total. The first kappa shape index (κ1) is 19.5. The van der Waals surface area contributed by atoms with Gasteiger partial charge < -0.3 is 0 Å². The van der Waals surface area contributed by atoms with Crippen LogP contribution < -0.4 is 5.43 Å². The zero-order valence-corrected chi connectivity index (χ0v) is 16.7. The van der Waals surface area contributed by atoms with Crippen molar-refractivity contribution in [3.05, 3.63) is 65.0 Å². The quantitative estimate of drug-likeness (QED) is 0.354. The van der Waals surface area contributed by atoms with Crippen LogP contribution in [0.2, 0.25) is 30.1 Å². The summed E-state index contributed by atoms with van der Waals surface area (Å²) in [7, 11) is 0. The molecule has 0 spiro atoms. The van der Waals surface area contributed by atoms with E-state index < -0.39 is 17.7 Å². The Bertz CT molecular complexity index is 961. The molecule has 0 atom stereocenters. The summed E-state index contributed by atoms with van der Waals surface area (Å²) in [5.74, 6) is -2.63. The third kappa shape index (κ3) is 3.03. The topological polar surface area (TPSA) is 66.5 Å². The molecule has 0 radical (unpaired) electrons. The number of benzene rings is 2. The fourth-order valence-corrected chi connectivity index (χ4v) is 3.79. The number of hydrogen-bond donors (Lipinski definition) is 1. The number of fused-ring (bicyclic) bond motifs is 1. The molecule has 1 N–H and O–H groups in total. The highest BCUT2D eigenvalue weighted by atomic mass is 35.5. The predicted molar refractivity (Wildman–Crippen MR) is 101 cm³/mol. The largest absolute Gasteiger partial charge is 0.282 e. The van der Waals surface area contributed by atoms with Crippen LogP contribution in [0.1, 0.15) is 31.1 Å². The number of hydrazine groups is 1. The summed E-state index contributed by atoms with van der Waals surface area (Å²) >= 11 is 35.6. The molecule has 3 amide bonds. The first-order valence-corrected chi connectivity index (χ1v) is 8.92. The summed E-state index contributed by atoms with van der Waals surface area (Å²) in [6.07, 6.45) is 0. The summed E-state index contributed by atoms with van der Waals surface area (Å²) in [4.78, 5) is 37.5. The second-order valence-corrected chi connectivity index (χ2v) is 7.37. The van der Waals surface area contributed by atoms with E-state index >= 15 is 0 Å². The molecule has 0 saturated carbocycles. The Morgan fingerprint density at radius 3 is 1.77 bits per heavy atom. The first-order chi connectivity index (χ1) is 12.1. The number of hydrogen-bond acceptors (Lipinski definition) is 3. The van der Waals surface area contributed by atoms with Crippen molar-refractivity contribution in [1.29, 1.82) is 0 Å². The van der Waals surface area contributed by atoms with Crippen LogP contribution in [0.25, 0.3) is 0 Å². The van der Waals surface area contributed by atoms with Crippen LogP contribution in [0, 0.1) is 0 Å². The fraction of sp³-hybridized carbons (Fsp3) is 0. The van der Waals surface area contributed by atoms with Gasteiger partial charge in [0, 0.05) is 5.02 Å². The maximum atomic E-state index is 12.5. The van der Waals surface area contributed by atoms with Crippen LogP contribution >= 0.6 is 69.6 Å². The van der Waals surface area contributed by atoms with E-state index in [1.165, 1.54) is 18.2 Å². The molecule has 2 aromatic carbocycles. The smallest absolute Gasteiger partial charge is 0.267 e. The van der Waals surface area contributed by atoms with Crippen molar-refractivity contribution in [2.75, 3.05) is 0 Å². The molecule has 11 heteroatoms. The predicted octanol–water partition coefficient (Wildman–Crippen LogP) is 5.55. The highest BCUT2D eigenvalue weighted by Crippen LogP contribution is 2.44. The molecule has 1 aliphatic rings. The lowest BCUT2D eigenvalue weighted by molar-refractivity contribution is 0.0518. The van der Waals surface area contributed by atoms with Crippen molar-refractivity contribution in [2.45, 2.75) is 0 Å². The van der Waals surface area contributed by atoms with Gasteiger partial charge in [-0.1, -0.05) is 69.6 Å². The van der Waals surface area contributed by atoms with Crippen molar-refractivity contribution in [2.24, 2.45) is 0 Å². The Labute approximate surface area is 176 Å². The Hall–Kier alpha value is -1.21. The Morgan fingerprint density at radius 2 is 1.31 bits per heavy atom. The van der Waals surface area contributed by atoms with Gasteiger partial charge in [-0.25, -0.2) is 0 Å². The average molecular weight is 473 g/mol. The summed E-state index contributed by atoms with van der Waals surface area (Å²) in [5.41, 5.74) is 1.66. The number of nitrogens with zero attached hydrogens (tertiary/aromatic N) is 1. The molecule has 0 fully saturated rings. The molecular formula is C15H4Cl6N2O3. The lowest BCUT2D eigenvalue weighted by Gasteiger charge is -2.15. The normalized spacial score (nSPS) is 13.2. The first-order valence-electron chi connectivity index (χ1n) is 6.66. The number of rotatable bonds is 2. The monoisotopic (exact) mass is 470 g/mol. The molecular weight excluding hydrogens is 469 g/mol. The van der Waals surface area contributed by atoms with Gasteiger partial charge in [-0.15, -0.1) is 0 Å². The van der Waals surface area contributed by atoms with Gasteiger partial charge in [0.15, 0.2) is 0 Å². The number of amides is 3. The van der Waals surface area contributed by atoms with Gasteiger partial charge >= 0.3 is 0 Å². The van der Waals surface area contributed by atoms with Gasteiger partial charge in [0.1, 0.15) is 0 Å². The van der Waals surface area contributed by atoms with Crippen LogP contribution in [0.3, 0.4) is 0 Å². The van der Waals surface area contributed by atoms with Gasteiger partial charge in [0.25, 0.3) is 17.7 Å². The number of halogens is 6. The van der Waals surface area contributed by atoms with Gasteiger partial charge in [-0.3, -0.25) is 19.8 Å².